The minimum Gasteiger partial charge on any atom is -0.462 e. The van der Waals surface area contributed by atoms with Crippen molar-refractivity contribution < 1.29 is 9.53 Å². The molecule has 2 rings (SSSR count). The molecule has 2 aromatic rings. The van der Waals surface area contributed by atoms with E-state index in [1.807, 2.05) is 38.1 Å². The van der Waals surface area contributed by atoms with Crippen molar-refractivity contribution in [1.29, 1.82) is 0 Å². The van der Waals surface area contributed by atoms with Crippen molar-refractivity contribution in [2.45, 2.75) is 40.0 Å². The van der Waals surface area contributed by atoms with Crippen LogP contribution in [0.4, 0.5) is 0 Å². The molecule has 0 aliphatic carbocycles. The summed E-state index contributed by atoms with van der Waals surface area (Å²) in [6.07, 6.45) is 2.35. The summed E-state index contributed by atoms with van der Waals surface area (Å²) >= 11 is 0. The van der Waals surface area contributed by atoms with Gasteiger partial charge in [-0.1, -0.05) is 44.5 Å². The molecule has 0 fully saturated rings. The van der Waals surface area contributed by atoms with Gasteiger partial charge in [-0.05, 0) is 18.9 Å². The van der Waals surface area contributed by atoms with E-state index in [1.54, 1.807) is 0 Å². The zero-order valence-electron chi connectivity index (χ0n) is 12.8. The van der Waals surface area contributed by atoms with Gasteiger partial charge in [0.25, 0.3) is 0 Å². The second kappa shape index (κ2) is 7.02. The lowest BCUT2D eigenvalue weighted by Crippen LogP contribution is -2.13. The van der Waals surface area contributed by atoms with Crippen LogP contribution in [0.15, 0.2) is 24.3 Å². The Morgan fingerprint density at radius 2 is 2.05 bits per heavy atom. The van der Waals surface area contributed by atoms with Crippen molar-refractivity contribution in [3.05, 3.63) is 29.8 Å². The van der Waals surface area contributed by atoms with E-state index < -0.39 is 0 Å². The monoisotopic (exact) mass is 287 g/mol. The van der Waals surface area contributed by atoms with Gasteiger partial charge in [0.1, 0.15) is 0 Å². The minimum absolute atomic E-state index is 0.0916. The van der Waals surface area contributed by atoms with Gasteiger partial charge in [0.15, 0.2) is 5.82 Å². The number of rotatable bonds is 6. The second-order valence-electron chi connectivity index (χ2n) is 4.89. The maximum absolute atomic E-state index is 12.1. The number of carbonyl (C=O) groups excluding carboxylic acids is 1. The Hall–Kier alpha value is -2.17. The van der Waals surface area contributed by atoms with Gasteiger partial charge in [0, 0.05) is 12.0 Å². The summed E-state index contributed by atoms with van der Waals surface area (Å²) in [5, 5.41) is 4.20. The Balaban J connectivity index is 2.38. The molecular formula is C16H21N3O2. The molecule has 112 valence electrons. The van der Waals surface area contributed by atoms with Crippen LogP contribution in [0.3, 0.4) is 0 Å². The molecule has 0 N–H and O–H groups in total. The molecule has 5 nitrogen and oxygen atoms in total. The van der Waals surface area contributed by atoms with E-state index in [0.717, 1.165) is 24.0 Å². The number of hydrogen-bond acceptors (Lipinski definition) is 4. The van der Waals surface area contributed by atoms with Gasteiger partial charge in [-0.15, -0.1) is 5.10 Å². The Bertz CT molecular complexity index is 620. The molecule has 0 aliphatic rings. The summed E-state index contributed by atoms with van der Waals surface area (Å²) in [4.78, 5) is 16.5. The molecule has 1 aromatic heterocycles. The van der Waals surface area contributed by atoms with E-state index in [2.05, 4.69) is 17.0 Å². The maximum atomic E-state index is 12.1. The van der Waals surface area contributed by atoms with Gasteiger partial charge in [0.05, 0.1) is 6.61 Å². The van der Waals surface area contributed by atoms with E-state index in [-0.39, 0.29) is 11.9 Å². The Morgan fingerprint density at radius 1 is 1.29 bits per heavy atom. The van der Waals surface area contributed by atoms with Gasteiger partial charge < -0.3 is 4.74 Å². The fourth-order valence-corrected chi connectivity index (χ4v) is 1.98. The molecule has 0 radical (unpaired) electrons. The summed E-state index contributed by atoms with van der Waals surface area (Å²) in [7, 11) is 0. The lowest BCUT2D eigenvalue weighted by molar-refractivity contribution is 0.0892. The number of carbonyl (C=O) groups is 1. The molecule has 0 bridgehead atoms. The highest BCUT2D eigenvalue weighted by atomic mass is 16.5. The number of hydrogen-bond donors (Lipinski definition) is 0. The summed E-state index contributed by atoms with van der Waals surface area (Å²) < 4.78 is 6.88. The SMILES string of the molecule is CCCCOc1nc(-c2ccccc2C)n(C(=O)CC)n1. The average molecular weight is 287 g/mol. The molecular weight excluding hydrogens is 266 g/mol. The largest absolute Gasteiger partial charge is 0.462 e. The van der Waals surface area contributed by atoms with Gasteiger partial charge in [-0.25, -0.2) is 0 Å². The van der Waals surface area contributed by atoms with E-state index >= 15 is 0 Å². The van der Waals surface area contributed by atoms with Gasteiger partial charge in [-0.3, -0.25) is 4.79 Å². The summed E-state index contributed by atoms with van der Waals surface area (Å²) in [5.74, 6) is 0.456. The minimum atomic E-state index is -0.0916. The zero-order chi connectivity index (χ0) is 15.2. The van der Waals surface area contributed by atoms with E-state index in [9.17, 15) is 4.79 Å². The highest BCUT2D eigenvalue weighted by molar-refractivity contribution is 5.82. The molecule has 1 aromatic carbocycles. The van der Waals surface area contributed by atoms with Crippen LogP contribution < -0.4 is 4.74 Å². The molecule has 0 amide bonds. The van der Waals surface area contributed by atoms with Gasteiger partial charge in [0.2, 0.25) is 5.91 Å². The van der Waals surface area contributed by atoms with Crippen LogP contribution in [0.2, 0.25) is 0 Å². The van der Waals surface area contributed by atoms with Crippen molar-refractivity contribution in [3.8, 4) is 17.4 Å². The Labute approximate surface area is 125 Å². The van der Waals surface area contributed by atoms with Crippen LogP contribution in [0.5, 0.6) is 6.01 Å². The van der Waals surface area contributed by atoms with Crippen LogP contribution >= 0.6 is 0 Å². The first kappa shape index (κ1) is 15.2. The van der Waals surface area contributed by atoms with Gasteiger partial charge >= 0.3 is 6.01 Å². The van der Waals surface area contributed by atoms with Crippen molar-refractivity contribution in [3.63, 3.8) is 0 Å². The lowest BCUT2D eigenvalue weighted by atomic mass is 10.1. The Morgan fingerprint density at radius 3 is 2.71 bits per heavy atom. The average Bonchev–Trinajstić information content (AvgIpc) is 2.91. The smallest absolute Gasteiger partial charge is 0.336 e. The summed E-state index contributed by atoms with van der Waals surface area (Å²) in [6.45, 7) is 6.45. The molecule has 5 heteroatoms. The topological polar surface area (TPSA) is 57.0 Å². The number of ether oxygens (including phenoxy) is 1. The van der Waals surface area contributed by atoms with Gasteiger partial charge in [-0.2, -0.15) is 9.67 Å². The van der Waals surface area contributed by atoms with Crippen LogP contribution in [0.25, 0.3) is 11.4 Å². The number of nitrogens with zero attached hydrogens (tertiary/aromatic N) is 3. The van der Waals surface area contributed by atoms with Crippen LogP contribution in [-0.4, -0.2) is 27.3 Å². The first-order valence-electron chi connectivity index (χ1n) is 7.36. The van der Waals surface area contributed by atoms with E-state index in [4.69, 9.17) is 4.74 Å². The number of benzene rings is 1. The summed E-state index contributed by atoms with van der Waals surface area (Å²) in [5.41, 5.74) is 1.95. The summed E-state index contributed by atoms with van der Waals surface area (Å²) in [6, 6.07) is 8.08. The highest BCUT2D eigenvalue weighted by Gasteiger charge is 2.18. The van der Waals surface area contributed by atoms with E-state index in [1.165, 1.54) is 4.68 Å². The molecule has 0 atom stereocenters. The van der Waals surface area contributed by atoms with Crippen molar-refractivity contribution >= 4 is 5.91 Å². The number of aromatic nitrogens is 3. The van der Waals surface area contributed by atoms with Crippen LogP contribution in [-0.2, 0) is 0 Å². The first-order valence-corrected chi connectivity index (χ1v) is 7.36. The fraction of sp³-hybridized carbons (Fsp3) is 0.438. The number of aryl methyl sites for hydroxylation is 1. The quantitative estimate of drug-likeness (QED) is 0.763. The van der Waals surface area contributed by atoms with Crippen molar-refractivity contribution in [2.75, 3.05) is 6.61 Å². The molecule has 0 saturated heterocycles. The van der Waals surface area contributed by atoms with E-state index in [0.29, 0.717) is 18.9 Å². The molecule has 1 heterocycles. The standard InChI is InChI=1S/C16H21N3O2/c1-4-6-11-21-16-17-15(19(18-16)14(20)5-2)13-10-8-7-9-12(13)3/h7-10H,4-6,11H2,1-3H3. The zero-order valence-corrected chi connectivity index (χ0v) is 12.8. The predicted octanol–water partition coefficient (Wildman–Crippen LogP) is 3.48. The Kier molecular flexibility index (Phi) is 5.09. The van der Waals surface area contributed by atoms with Crippen molar-refractivity contribution in [2.24, 2.45) is 0 Å². The highest BCUT2D eigenvalue weighted by Crippen LogP contribution is 2.23. The number of unbranched alkanes of at least 4 members (excludes halogenated alkanes) is 1. The third kappa shape index (κ3) is 3.48. The third-order valence-electron chi connectivity index (χ3n) is 3.24. The molecule has 0 unspecified atom stereocenters. The fourth-order valence-electron chi connectivity index (χ4n) is 1.98. The normalized spacial score (nSPS) is 10.6. The molecule has 0 spiro atoms. The first-order chi connectivity index (χ1) is 10.2. The second-order valence-corrected chi connectivity index (χ2v) is 4.89. The van der Waals surface area contributed by atoms with Crippen molar-refractivity contribution in [1.82, 2.24) is 14.8 Å². The van der Waals surface area contributed by atoms with Crippen LogP contribution in [0.1, 0.15) is 43.5 Å². The predicted molar refractivity (Wildman–Crippen MR) is 81.5 cm³/mol. The third-order valence-corrected chi connectivity index (χ3v) is 3.24. The lowest BCUT2D eigenvalue weighted by Gasteiger charge is -2.05. The maximum Gasteiger partial charge on any atom is 0.336 e. The van der Waals surface area contributed by atoms with Crippen LogP contribution in [0, 0.1) is 6.92 Å². The molecule has 0 aliphatic heterocycles. The molecule has 0 saturated carbocycles. The molecule has 21 heavy (non-hydrogen) atoms.